The summed E-state index contributed by atoms with van der Waals surface area (Å²) in [7, 11) is 0. The van der Waals surface area contributed by atoms with Crippen molar-refractivity contribution < 1.29 is 34.2 Å². The number of hydrogen-bond acceptors (Lipinski definition) is 9. The predicted octanol–water partition coefficient (Wildman–Crippen LogP) is -3.79. The molecule has 0 aromatic carbocycles. The minimum atomic E-state index is -1.43. The van der Waals surface area contributed by atoms with Gasteiger partial charge in [0.2, 0.25) is 23.6 Å². The molecule has 0 saturated heterocycles. The SMILES string of the molecule is NCCCCC(N)C(=O)NC(CO)C(=O)NC(Cc1cnc[nH]1)C(=O)NC(CCC(N)=O)C(=O)O. The van der Waals surface area contributed by atoms with Crippen LogP contribution in [0.2, 0.25) is 0 Å². The van der Waals surface area contributed by atoms with E-state index in [1.54, 1.807) is 0 Å². The number of aromatic amines is 1. The Bertz CT molecular complexity index is 849. The molecule has 1 aromatic rings. The van der Waals surface area contributed by atoms with E-state index in [0.717, 1.165) is 0 Å². The third-order valence-electron chi connectivity index (χ3n) is 5.03. The molecule has 1 aromatic heterocycles. The summed E-state index contributed by atoms with van der Waals surface area (Å²) in [6, 6.07) is -5.07. The second-order valence-electron chi connectivity index (χ2n) is 7.88. The number of carbonyl (C=O) groups excluding carboxylic acids is 4. The Kier molecular flexibility index (Phi) is 12.9. The molecule has 196 valence electrons. The summed E-state index contributed by atoms with van der Waals surface area (Å²) in [6.45, 7) is -0.330. The molecule has 12 N–H and O–H groups in total. The second kappa shape index (κ2) is 15.4. The molecule has 1 heterocycles. The monoisotopic (exact) mass is 498 g/mol. The van der Waals surface area contributed by atoms with Crippen molar-refractivity contribution in [3.63, 3.8) is 0 Å². The average molecular weight is 499 g/mol. The number of H-pyrrole nitrogens is 1. The molecule has 15 heteroatoms. The van der Waals surface area contributed by atoms with Crippen LogP contribution in [0.1, 0.15) is 37.8 Å². The molecule has 0 aliphatic carbocycles. The number of amides is 4. The Balaban J connectivity index is 2.90. The maximum atomic E-state index is 12.8. The zero-order chi connectivity index (χ0) is 26.4. The Morgan fingerprint density at radius 3 is 2.14 bits per heavy atom. The highest BCUT2D eigenvalue weighted by Crippen LogP contribution is 2.04. The highest BCUT2D eigenvalue weighted by atomic mass is 16.4. The molecule has 15 nitrogen and oxygen atoms in total. The summed E-state index contributed by atoms with van der Waals surface area (Å²) < 4.78 is 0. The molecular formula is C20H34N8O7. The van der Waals surface area contributed by atoms with Crippen LogP contribution < -0.4 is 33.2 Å². The number of unbranched alkanes of at least 4 members (excludes halogenated alkanes) is 1. The molecule has 0 aliphatic heterocycles. The Hall–Kier alpha value is -3.56. The zero-order valence-corrected chi connectivity index (χ0v) is 19.2. The fourth-order valence-electron chi connectivity index (χ4n) is 3.03. The standard InChI is InChI=1S/C20H34N8O7/c21-6-2-1-3-12(22)17(31)28-15(9-29)19(33)27-14(7-11-8-24-10-25-11)18(32)26-13(20(34)35)4-5-16(23)30/h8,10,12-15,29H,1-7,9,21-22H2,(H2,23,30)(H,24,25)(H,26,32)(H,27,33)(H,28,31)(H,34,35). The van der Waals surface area contributed by atoms with Gasteiger partial charge in [-0.05, 0) is 25.8 Å². The van der Waals surface area contributed by atoms with E-state index in [1.807, 2.05) is 0 Å². The molecule has 0 saturated carbocycles. The van der Waals surface area contributed by atoms with Crippen LogP contribution in [-0.2, 0) is 30.4 Å². The molecule has 4 atom stereocenters. The van der Waals surface area contributed by atoms with Crippen molar-refractivity contribution in [1.82, 2.24) is 25.9 Å². The summed E-state index contributed by atoms with van der Waals surface area (Å²) >= 11 is 0. The van der Waals surface area contributed by atoms with Crippen LogP contribution in [-0.4, -0.2) is 87.1 Å². The van der Waals surface area contributed by atoms with Crippen molar-refractivity contribution in [2.45, 2.75) is 62.7 Å². The number of aliphatic hydroxyl groups is 1. The van der Waals surface area contributed by atoms with Gasteiger partial charge in [-0.25, -0.2) is 9.78 Å². The second-order valence-corrected chi connectivity index (χ2v) is 7.88. The highest BCUT2D eigenvalue weighted by Gasteiger charge is 2.30. The van der Waals surface area contributed by atoms with Crippen LogP contribution >= 0.6 is 0 Å². The first-order valence-corrected chi connectivity index (χ1v) is 11.0. The first-order chi connectivity index (χ1) is 16.6. The largest absolute Gasteiger partial charge is 0.480 e. The third kappa shape index (κ3) is 10.9. The van der Waals surface area contributed by atoms with Crippen LogP contribution in [0.5, 0.6) is 0 Å². The lowest BCUT2D eigenvalue weighted by molar-refractivity contribution is -0.142. The Morgan fingerprint density at radius 2 is 1.60 bits per heavy atom. The lowest BCUT2D eigenvalue weighted by Crippen LogP contribution is -2.58. The maximum absolute atomic E-state index is 12.8. The van der Waals surface area contributed by atoms with E-state index in [-0.39, 0.29) is 19.3 Å². The van der Waals surface area contributed by atoms with E-state index in [0.29, 0.717) is 31.5 Å². The number of nitrogens with two attached hydrogens (primary N) is 3. The normalized spacial score (nSPS) is 14.3. The number of aromatic nitrogens is 2. The molecule has 0 radical (unpaired) electrons. The van der Waals surface area contributed by atoms with Gasteiger partial charge in [0.05, 0.1) is 19.0 Å². The van der Waals surface area contributed by atoms with Crippen LogP contribution in [0.3, 0.4) is 0 Å². The molecule has 0 aliphatic rings. The van der Waals surface area contributed by atoms with E-state index in [1.165, 1.54) is 12.5 Å². The van der Waals surface area contributed by atoms with Crippen molar-refractivity contribution in [2.75, 3.05) is 13.2 Å². The average Bonchev–Trinajstić information content (AvgIpc) is 3.32. The number of carbonyl (C=O) groups is 5. The number of primary amides is 1. The number of hydrogen-bond donors (Lipinski definition) is 9. The van der Waals surface area contributed by atoms with Gasteiger partial charge in [-0.2, -0.15) is 0 Å². The van der Waals surface area contributed by atoms with Crippen LogP contribution in [0, 0.1) is 0 Å². The lowest BCUT2D eigenvalue weighted by Gasteiger charge is -2.24. The molecule has 4 unspecified atom stereocenters. The van der Waals surface area contributed by atoms with E-state index < -0.39 is 60.4 Å². The highest BCUT2D eigenvalue weighted by molar-refractivity contribution is 5.94. The molecule has 0 spiro atoms. The summed E-state index contributed by atoms with van der Waals surface area (Å²) in [5.41, 5.74) is 16.7. The zero-order valence-electron chi connectivity index (χ0n) is 19.2. The van der Waals surface area contributed by atoms with Crippen LogP contribution in [0.25, 0.3) is 0 Å². The van der Waals surface area contributed by atoms with Crippen LogP contribution in [0.15, 0.2) is 12.5 Å². The number of nitrogens with one attached hydrogen (secondary N) is 4. The van der Waals surface area contributed by atoms with Gasteiger partial charge in [-0.15, -0.1) is 0 Å². The van der Waals surface area contributed by atoms with E-state index >= 15 is 0 Å². The van der Waals surface area contributed by atoms with Gasteiger partial charge >= 0.3 is 5.97 Å². The molecule has 35 heavy (non-hydrogen) atoms. The van der Waals surface area contributed by atoms with E-state index in [9.17, 15) is 34.2 Å². The van der Waals surface area contributed by atoms with Crippen molar-refractivity contribution in [3.05, 3.63) is 18.2 Å². The minimum absolute atomic E-state index is 0.107. The molecular weight excluding hydrogens is 464 g/mol. The van der Waals surface area contributed by atoms with Crippen molar-refractivity contribution >= 4 is 29.6 Å². The maximum Gasteiger partial charge on any atom is 0.326 e. The number of aliphatic carboxylic acids is 1. The number of aliphatic hydroxyl groups excluding tert-OH is 1. The van der Waals surface area contributed by atoms with E-state index in [4.69, 9.17) is 17.2 Å². The van der Waals surface area contributed by atoms with Gasteiger partial charge in [-0.3, -0.25) is 19.2 Å². The van der Waals surface area contributed by atoms with E-state index in [2.05, 4.69) is 25.9 Å². The fourth-order valence-corrected chi connectivity index (χ4v) is 3.03. The smallest absolute Gasteiger partial charge is 0.326 e. The Morgan fingerprint density at radius 1 is 0.971 bits per heavy atom. The molecule has 1 rings (SSSR count). The quantitative estimate of drug-likeness (QED) is 0.0945. The summed E-state index contributed by atoms with van der Waals surface area (Å²) in [4.78, 5) is 66.9. The third-order valence-corrected chi connectivity index (χ3v) is 5.03. The predicted molar refractivity (Wildman–Crippen MR) is 122 cm³/mol. The number of carboxylic acids is 1. The van der Waals surface area contributed by atoms with Crippen molar-refractivity contribution in [3.8, 4) is 0 Å². The van der Waals surface area contributed by atoms with Gasteiger partial charge in [0.1, 0.15) is 18.1 Å². The first kappa shape index (κ1) is 29.5. The summed E-state index contributed by atoms with van der Waals surface area (Å²) in [5.74, 6) is -4.56. The number of carboxylic acid groups (broad SMARTS) is 1. The van der Waals surface area contributed by atoms with Gasteiger partial charge in [0.25, 0.3) is 0 Å². The van der Waals surface area contributed by atoms with Crippen molar-refractivity contribution in [1.29, 1.82) is 0 Å². The topological polar surface area (TPSA) is 269 Å². The fraction of sp³-hybridized carbons (Fsp3) is 0.600. The van der Waals surface area contributed by atoms with Crippen molar-refractivity contribution in [2.24, 2.45) is 17.2 Å². The summed E-state index contributed by atoms with van der Waals surface area (Å²) in [5, 5.41) is 25.9. The minimum Gasteiger partial charge on any atom is -0.480 e. The number of nitrogens with zero attached hydrogens (tertiary/aromatic N) is 1. The lowest BCUT2D eigenvalue weighted by atomic mass is 10.1. The molecule has 4 amide bonds. The summed E-state index contributed by atoms with van der Waals surface area (Å²) in [6.07, 6.45) is 3.72. The van der Waals surface area contributed by atoms with Gasteiger partial charge in [0, 0.05) is 24.7 Å². The number of imidazole rings is 1. The van der Waals surface area contributed by atoms with Crippen LogP contribution in [0.4, 0.5) is 0 Å². The van der Waals surface area contributed by atoms with Gasteiger partial charge < -0.3 is 48.3 Å². The molecule has 0 fully saturated rings. The first-order valence-electron chi connectivity index (χ1n) is 11.0. The van der Waals surface area contributed by atoms with Gasteiger partial charge in [-0.1, -0.05) is 6.42 Å². The Labute approximate surface area is 201 Å². The molecule has 0 bridgehead atoms. The number of rotatable bonds is 17. The van der Waals surface area contributed by atoms with Gasteiger partial charge in [0.15, 0.2) is 0 Å².